The number of hydrogen-bond acceptors (Lipinski definition) is 3. The summed E-state index contributed by atoms with van der Waals surface area (Å²) in [7, 11) is 0. The first-order valence-electron chi connectivity index (χ1n) is 11.7. The number of alkyl halides is 3. The number of hydrogen-bond donors (Lipinski definition) is 1. The van der Waals surface area contributed by atoms with Gasteiger partial charge in [0, 0.05) is 31.1 Å². The summed E-state index contributed by atoms with van der Waals surface area (Å²) in [5.74, 6) is -0.687. The molecular weight excluding hydrogens is 429 g/mol. The molecule has 1 aliphatic rings. The summed E-state index contributed by atoms with van der Waals surface area (Å²) in [6.45, 7) is 5.92. The zero-order valence-corrected chi connectivity index (χ0v) is 19.3. The summed E-state index contributed by atoms with van der Waals surface area (Å²) in [4.78, 5) is 17.7. The second-order valence-electron chi connectivity index (χ2n) is 9.50. The summed E-state index contributed by atoms with van der Waals surface area (Å²) >= 11 is 0. The zero-order chi connectivity index (χ0) is 24.0. The highest BCUT2D eigenvalue weighted by molar-refractivity contribution is 5.67. The van der Waals surface area contributed by atoms with Crippen molar-refractivity contribution in [1.29, 1.82) is 0 Å². The minimum Gasteiger partial charge on any atom is -0.481 e. The number of carboxylic acids is 1. The molecule has 33 heavy (non-hydrogen) atoms. The van der Waals surface area contributed by atoms with Crippen LogP contribution >= 0.6 is 0 Å². The SMILES string of the molecule is CC(C)CCN(Cc1ccccc1)[C@@H]1CCC[C@H](CC(=O)O)[C@H]1c1ccc(C(F)(F)F)nc1. The summed E-state index contributed by atoms with van der Waals surface area (Å²) < 4.78 is 39.3. The number of aromatic nitrogens is 1. The molecule has 180 valence electrons. The van der Waals surface area contributed by atoms with Crippen molar-refractivity contribution < 1.29 is 23.1 Å². The van der Waals surface area contributed by atoms with Crippen molar-refractivity contribution in [2.24, 2.45) is 11.8 Å². The van der Waals surface area contributed by atoms with Gasteiger partial charge in [-0.1, -0.05) is 56.7 Å². The molecular formula is C26H33F3N2O2. The van der Waals surface area contributed by atoms with Crippen molar-refractivity contribution in [3.05, 3.63) is 65.5 Å². The average molecular weight is 463 g/mol. The molecule has 1 heterocycles. The average Bonchev–Trinajstić information content (AvgIpc) is 2.76. The minimum absolute atomic E-state index is 0.00550. The van der Waals surface area contributed by atoms with Crippen LogP contribution in [0.5, 0.6) is 0 Å². The smallest absolute Gasteiger partial charge is 0.433 e. The maximum Gasteiger partial charge on any atom is 0.433 e. The first kappa shape index (κ1) is 25.2. The fraction of sp³-hybridized carbons (Fsp3) is 0.538. The van der Waals surface area contributed by atoms with Gasteiger partial charge >= 0.3 is 12.1 Å². The van der Waals surface area contributed by atoms with Crippen molar-refractivity contribution in [3.63, 3.8) is 0 Å². The molecule has 1 aliphatic carbocycles. The Morgan fingerprint density at radius 1 is 1.15 bits per heavy atom. The molecule has 0 spiro atoms. The number of halogens is 3. The Balaban J connectivity index is 1.96. The van der Waals surface area contributed by atoms with Crippen molar-refractivity contribution in [1.82, 2.24) is 9.88 Å². The van der Waals surface area contributed by atoms with E-state index in [9.17, 15) is 23.1 Å². The standard InChI is InChI=1S/C26H33F3N2O2/c1-18(2)13-14-31(17-19-7-4-3-5-8-19)22-10-6-9-20(15-24(32)33)25(22)21-11-12-23(30-16-21)26(27,28)29/h3-5,7-8,11-12,16,18,20,22,25H,6,9-10,13-15,17H2,1-2H3,(H,32,33)/t20-,22-,25+/m1/s1. The number of pyridine rings is 1. The molecule has 0 saturated heterocycles. The van der Waals surface area contributed by atoms with E-state index in [1.807, 2.05) is 18.2 Å². The fourth-order valence-electron chi connectivity index (χ4n) is 4.99. The Hall–Kier alpha value is -2.41. The number of carboxylic acid groups (broad SMARTS) is 1. The summed E-state index contributed by atoms with van der Waals surface area (Å²) in [6.07, 6.45) is 0.340. The summed E-state index contributed by atoms with van der Waals surface area (Å²) in [5.41, 5.74) is 0.946. The Bertz CT molecular complexity index is 885. The molecule has 4 nitrogen and oxygen atoms in total. The van der Waals surface area contributed by atoms with Crippen LogP contribution in [0.2, 0.25) is 0 Å². The van der Waals surface area contributed by atoms with Crippen LogP contribution in [0.1, 0.15) is 68.7 Å². The van der Waals surface area contributed by atoms with Crippen LogP contribution in [-0.2, 0) is 17.5 Å². The van der Waals surface area contributed by atoms with E-state index in [2.05, 4.69) is 35.9 Å². The number of nitrogens with zero attached hydrogens (tertiary/aromatic N) is 2. The topological polar surface area (TPSA) is 53.4 Å². The lowest BCUT2D eigenvalue weighted by molar-refractivity contribution is -0.141. The second kappa shape index (κ2) is 11.1. The van der Waals surface area contributed by atoms with Gasteiger partial charge in [-0.2, -0.15) is 13.2 Å². The van der Waals surface area contributed by atoms with E-state index < -0.39 is 17.8 Å². The van der Waals surface area contributed by atoms with Gasteiger partial charge in [0.25, 0.3) is 0 Å². The molecule has 1 N–H and O–H groups in total. The lowest BCUT2D eigenvalue weighted by Gasteiger charge is -2.44. The highest BCUT2D eigenvalue weighted by Gasteiger charge is 2.39. The molecule has 3 rings (SSSR count). The van der Waals surface area contributed by atoms with Gasteiger partial charge in [-0.15, -0.1) is 0 Å². The number of aliphatic carboxylic acids is 1. The van der Waals surface area contributed by atoms with E-state index in [-0.39, 0.29) is 24.3 Å². The molecule has 0 unspecified atom stereocenters. The molecule has 1 fully saturated rings. The Labute approximate surface area is 193 Å². The molecule has 3 atom stereocenters. The van der Waals surface area contributed by atoms with Crippen LogP contribution in [0.4, 0.5) is 13.2 Å². The minimum atomic E-state index is -4.50. The van der Waals surface area contributed by atoms with Crippen molar-refractivity contribution in [2.75, 3.05) is 6.54 Å². The molecule has 7 heteroatoms. The van der Waals surface area contributed by atoms with E-state index in [4.69, 9.17) is 0 Å². The predicted molar refractivity (Wildman–Crippen MR) is 122 cm³/mol. The third-order valence-electron chi connectivity index (χ3n) is 6.59. The molecule has 0 radical (unpaired) electrons. The van der Waals surface area contributed by atoms with Gasteiger partial charge in [-0.25, -0.2) is 0 Å². The van der Waals surface area contributed by atoms with Gasteiger partial charge in [-0.3, -0.25) is 14.7 Å². The normalized spacial score (nSPS) is 21.5. The first-order chi connectivity index (χ1) is 15.6. The van der Waals surface area contributed by atoms with Gasteiger partial charge in [0.2, 0.25) is 0 Å². The van der Waals surface area contributed by atoms with E-state index in [0.717, 1.165) is 44.8 Å². The number of carbonyl (C=O) groups is 1. The first-order valence-corrected chi connectivity index (χ1v) is 11.7. The molecule has 0 amide bonds. The van der Waals surface area contributed by atoms with Crippen LogP contribution in [0.15, 0.2) is 48.7 Å². The number of rotatable bonds is 9. The Morgan fingerprint density at radius 3 is 2.45 bits per heavy atom. The summed E-state index contributed by atoms with van der Waals surface area (Å²) in [5, 5.41) is 9.54. The third-order valence-corrected chi connectivity index (χ3v) is 6.59. The van der Waals surface area contributed by atoms with Gasteiger partial charge in [-0.05, 0) is 54.8 Å². The van der Waals surface area contributed by atoms with Crippen molar-refractivity contribution in [3.8, 4) is 0 Å². The highest BCUT2D eigenvalue weighted by Crippen LogP contribution is 2.43. The second-order valence-corrected chi connectivity index (χ2v) is 9.50. The lowest BCUT2D eigenvalue weighted by Crippen LogP contribution is -2.45. The van der Waals surface area contributed by atoms with Crippen LogP contribution in [0, 0.1) is 11.8 Å². The van der Waals surface area contributed by atoms with Crippen molar-refractivity contribution >= 4 is 5.97 Å². The number of benzene rings is 1. The molecule has 0 bridgehead atoms. The zero-order valence-electron chi connectivity index (χ0n) is 19.3. The predicted octanol–water partition coefficient (Wildman–Crippen LogP) is 6.38. The largest absolute Gasteiger partial charge is 0.481 e. The van der Waals surface area contributed by atoms with Gasteiger partial charge < -0.3 is 5.11 Å². The highest BCUT2D eigenvalue weighted by atomic mass is 19.4. The van der Waals surface area contributed by atoms with Gasteiger partial charge in [0.15, 0.2) is 0 Å². The van der Waals surface area contributed by atoms with Gasteiger partial charge in [0.05, 0.1) is 0 Å². The van der Waals surface area contributed by atoms with E-state index in [0.29, 0.717) is 11.5 Å². The lowest BCUT2D eigenvalue weighted by atomic mass is 9.70. The van der Waals surface area contributed by atoms with E-state index >= 15 is 0 Å². The third kappa shape index (κ3) is 7.03. The van der Waals surface area contributed by atoms with E-state index in [1.54, 1.807) is 0 Å². The molecule has 1 aromatic carbocycles. The van der Waals surface area contributed by atoms with Crippen LogP contribution in [0.25, 0.3) is 0 Å². The Morgan fingerprint density at radius 2 is 1.88 bits per heavy atom. The molecule has 2 aromatic rings. The van der Waals surface area contributed by atoms with Gasteiger partial charge in [0.1, 0.15) is 5.69 Å². The fourth-order valence-corrected chi connectivity index (χ4v) is 4.99. The van der Waals surface area contributed by atoms with E-state index in [1.165, 1.54) is 17.8 Å². The molecule has 1 aromatic heterocycles. The maximum absolute atomic E-state index is 13.1. The van der Waals surface area contributed by atoms with Crippen molar-refractivity contribution in [2.45, 2.75) is 70.6 Å². The quantitative estimate of drug-likeness (QED) is 0.470. The monoisotopic (exact) mass is 462 g/mol. The molecule has 0 aliphatic heterocycles. The molecule has 1 saturated carbocycles. The Kier molecular flexibility index (Phi) is 8.51. The van der Waals surface area contributed by atoms with Crippen LogP contribution in [0.3, 0.4) is 0 Å². The van der Waals surface area contributed by atoms with Crippen LogP contribution < -0.4 is 0 Å². The maximum atomic E-state index is 13.1. The van der Waals surface area contributed by atoms with Crippen LogP contribution in [-0.4, -0.2) is 33.5 Å². The summed E-state index contributed by atoms with van der Waals surface area (Å²) in [6, 6.07) is 12.7.